The van der Waals surface area contributed by atoms with Gasteiger partial charge >= 0.3 is 0 Å². The van der Waals surface area contributed by atoms with Crippen molar-refractivity contribution in [2.24, 2.45) is 0 Å². The van der Waals surface area contributed by atoms with Crippen LogP contribution in [0.4, 0.5) is 5.69 Å². The standard InChI is InChI=1S/C17H12N6O2/c24-16(12-4-6-15(7-5-12)23-10-18-9-20-23)21-14-3-1-2-13(8-14)17-22-19-11-25-17/h1-11H,(H,21,24). The predicted molar refractivity (Wildman–Crippen MR) is 89.0 cm³/mol. The Labute approximate surface area is 142 Å². The maximum Gasteiger partial charge on any atom is 0.255 e. The second-order valence-corrected chi connectivity index (χ2v) is 5.17. The smallest absolute Gasteiger partial charge is 0.255 e. The Morgan fingerprint density at radius 3 is 2.72 bits per heavy atom. The molecule has 0 atom stereocenters. The van der Waals surface area contributed by atoms with E-state index in [1.54, 1.807) is 47.4 Å². The van der Waals surface area contributed by atoms with Crippen molar-refractivity contribution in [2.75, 3.05) is 5.32 Å². The molecule has 0 unspecified atom stereocenters. The van der Waals surface area contributed by atoms with Gasteiger partial charge in [0, 0.05) is 16.8 Å². The molecule has 1 N–H and O–H groups in total. The van der Waals surface area contributed by atoms with Gasteiger partial charge in [-0.3, -0.25) is 4.79 Å². The number of aromatic nitrogens is 5. The number of hydrogen-bond donors (Lipinski definition) is 1. The van der Waals surface area contributed by atoms with E-state index < -0.39 is 0 Å². The first kappa shape index (κ1) is 14.8. The summed E-state index contributed by atoms with van der Waals surface area (Å²) in [5, 5.41) is 14.4. The summed E-state index contributed by atoms with van der Waals surface area (Å²) in [6, 6.07) is 14.3. The Morgan fingerprint density at radius 2 is 2.00 bits per heavy atom. The van der Waals surface area contributed by atoms with Crippen LogP contribution in [-0.2, 0) is 0 Å². The van der Waals surface area contributed by atoms with E-state index in [1.807, 2.05) is 12.1 Å². The van der Waals surface area contributed by atoms with E-state index in [-0.39, 0.29) is 5.91 Å². The third-order valence-corrected chi connectivity index (χ3v) is 3.54. The molecule has 0 saturated carbocycles. The first-order valence-corrected chi connectivity index (χ1v) is 7.42. The molecule has 1 amide bonds. The molecular formula is C17H12N6O2. The van der Waals surface area contributed by atoms with Crippen LogP contribution in [0, 0.1) is 0 Å². The van der Waals surface area contributed by atoms with Crippen molar-refractivity contribution in [1.29, 1.82) is 0 Å². The van der Waals surface area contributed by atoms with Crippen LogP contribution >= 0.6 is 0 Å². The highest BCUT2D eigenvalue weighted by molar-refractivity contribution is 6.04. The van der Waals surface area contributed by atoms with Crippen molar-refractivity contribution in [3.05, 3.63) is 73.1 Å². The molecule has 0 radical (unpaired) electrons. The average Bonchev–Trinajstić information content (AvgIpc) is 3.36. The number of nitrogens with one attached hydrogen (secondary N) is 1. The van der Waals surface area contributed by atoms with Crippen molar-refractivity contribution >= 4 is 11.6 Å². The van der Waals surface area contributed by atoms with Gasteiger partial charge in [0.05, 0.1) is 5.69 Å². The van der Waals surface area contributed by atoms with Gasteiger partial charge in [-0.15, -0.1) is 10.2 Å². The highest BCUT2D eigenvalue weighted by Gasteiger charge is 2.09. The van der Waals surface area contributed by atoms with Gasteiger partial charge in [-0.25, -0.2) is 9.67 Å². The molecular weight excluding hydrogens is 320 g/mol. The lowest BCUT2D eigenvalue weighted by Gasteiger charge is -2.07. The second kappa shape index (κ2) is 6.36. The van der Waals surface area contributed by atoms with Crippen molar-refractivity contribution < 1.29 is 9.21 Å². The van der Waals surface area contributed by atoms with Gasteiger partial charge in [0.25, 0.3) is 5.91 Å². The van der Waals surface area contributed by atoms with Crippen molar-refractivity contribution in [3.63, 3.8) is 0 Å². The van der Waals surface area contributed by atoms with Crippen LogP contribution < -0.4 is 5.32 Å². The third-order valence-electron chi connectivity index (χ3n) is 3.54. The Hall–Kier alpha value is -3.81. The number of hydrogen-bond acceptors (Lipinski definition) is 6. The lowest BCUT2D eigenvalue weighted by Crippen LogP contribution is -2.12. The molecule has 0 aliphatic rings. The van der Waals surface area contributed by atoms with Crippen LogP contribution in [-0.4, -0.2) is 30.9 Å². The minimum atomic E-state index is -0.215. The third kappa shape index (κ3) is 3.13. The molecule has 0 spiro atoms. The Bertz CT molecular complexity index is 978. The molecule has 2 aromatic carbocycles. The van der Waals surface area contributed by atoms with Crippen LogP contribution in [0.2, 0.25) is 0 Å². The number of anilines is 1. The molecule has 0 bridgehead atoms. The molecule has 2 aromatic heterocycles. The van der Waals surface area contributed by atoms with Crippen LogP contribution in [0.25, 0.3) is 17.1 Å². The fraction of sp³-hybridized carbons (Fsp3) is 0. The largest absolute Gasteiger partial charge is 0.423 e. The lowest BCUT2D eigenvalue weighted by molar-refractivity contribution is 0.102. The van der Waals surface area contributed by atoms with E-state index in [0.717, 1.165) is 11.3 Å². The van der Waals surface area contributed by atoms with Crippen molar-refractivity contribution in [3.8, 4) is 17.1 Å². The molecule has 0 aliphatic carbocycles. The van der Waals surface area contributed by atoms with Gasteiger partial charge in [-0.1, -0.05) is 6.07 Å². The summed E-state index contributed by atoms with van der Waals surface area (Å²) in [5.74, 6) is 0.182. The van der Waals surface area contributed by atoms with Crippen LogP contribution in [0.3, 0.4) is 0 Å². The van der Waals surface area contributed by atoms with Gasteiger partial charge in [-0.05, 0) is 42.5 Å². The SMILES string of the molecule is O=C(Nc1cccc(-c2nnco2)c1)c1ccc(-n2cncn2)cc1. The summed E-state index contributed by atoms with van der Waals surface area (Å²) in [6.45, 7) is 0. The molecule has 8 heteroatoms. The number of rotatable bonds is 4. The highest BCUT2D eigenvalue weighted by Crippen LogP contribution is 2.21. The summed E-state index contributed by atoms with van der Waals surface area (Å²) in [6.07, 6.45) is 4.31. The summed E-state index contributed by atoms with van der Waals surface area (Å²) in [4.78, 5) is 16.3. The monoisotopic (exact) mass is 332 g/mol. The number of carbonyl (C=O) groups is 1. The van der Waals surface area contributed by atoms with E-state index in [1.165, 1.54) is 12.7 Å². The number of benzene rings is 2. The van der Waals surface area contributed by atoms with E-state index in [2.05, 4.69) is 25.6 Å². The number of amides is 1. The predicted octanol–water partition coefficient (Wildman–Crippen LogP) is 2.57. The van der Waals surface area contributed by atoms with Crippen LogP contribution in [0.1, 0.15) is 10.4 Å². The zero-order valence-electron chi connectivity index (χ0n) is 12.9. The quantitative estimate of drug-likeness (QED) is 0.616. The number of carbonyl (C=O) groups excluding carboxylic acids is 1. The molecule has 122 valence electrons. The van der Waals surface area contributed by atoms with E-state index in [9.17, 15) is 4.79 Å². The van der Waals surface area contributed by atoms with Crippen LogP contribution in [0.15, 0.2) is 72.0 Å². The Balaban J connectivity index is 1.51. The summed E-state index contributed by atoms with van der Waals surface area (Å²) >= 11 is 0. The lowest BCUT2D eigenvalue weighted by atomic mass is 10.1. The zero-order valence-corrected chi connectivity index (χ0v) is 12.9. The molecule has 4 rings (SSSR count). The fourth-order valence-corrected chi connectivity index (χ4v) is 2.34. The summed E-state index contributed by atoms with van der Waals surface area (Å²) in [7, 11) is 0. The summed E-state index contributed by atoms with van der Waals surface area (Å²) < 4.78 is 6.79. The minimum Gasteiger partial charge on any atom is -0.423 e. The fourth-order valence-electron chi connectivity index (χ4n) is 2.34. The minimum absolute atomic E-state index is 0.215. The normalized spacial score (nSPS) is 10.6. The maximum atomic E-state index is 12.4. The molecule has 25 heavy (non-hydrogen) atoms. The van der Waals surface area contributed by atoms with Gasteiger partial charge < -0.3 is 9.73 Å². The Morgan fingerprint density at radius 1 is 1.12 bits per heavy atom. The van der Waals surface area contributed by atoms with E-state index >= 15 is 0 Å². The average molecular weight is 332 g/mol. The van der Waals surface area contributed by atoms with Gasteiger partial charge in [0.1, 0.15) is 12.7 Å². The van der Waals surface area contributed by atoms with Crippen LogP contribution in [0.5, 0.6) is 0 Å². The first-order chi connectivity index (χ1) is 12.3. The molecule has 8 nitrogen and oxygen atoms in total. The topological polar surface area (TPSA) is 98.7 Å². The van der Waals surface area contributed by atoms with Crippen molar-refractivity contribution in [1.82, 2.24) is 25.0 Å². The second-order valence-electron chi connectivity index (χ2n) is 5.17. The van der Waals surface area contributed by atoms with Crippen molar-refractivity contribution in [2.45, 2.75) is 0 Å². The van der Waals surface area contributed by atoms with Gasteiger partial charge in [0.15, 0.2) is 0 Å². The van der Waals surface area contributed by atoms with Gasteiger partial charge in [-0.2, -0.15) is 5.10 Å². The molecule has 0 fully saturated rings. The summed E-state index contributed by atoms with van der Waals surface area (Å²) in [5.41, 5.74) is 2.73. The molecule has 2 heterocycles. The Kier molecular flexibility index (Phi) is 3.76. The van der Waals surface area contributed by atoms with E-state index in [4.69, 9.17) is 4.42 Å². The van der Waals surface area contributed by atoms with Gasteiger partial charge in [0.2, 0.25) is 12.3 Å². The highest BCUT2D eigenvalue weighted by atomic mass is 16.4. The number of nitrogens with zero attached hydrogens (tertiary/aromatic N) is 5. The molecule has 0 aliphatic heterocycles. The molecule has 4 aromatic rings. The van der Waals surface area contributed by atoms with E-state index in [0.29, 0.717) is 17.1 Å². The molecule has 0 saturated heterocycles. The maximum absolute atomic E-state index is 12.4. The zero-order chi connectivity index (χ0) is 17.1. The first-order valence-electron chi connectivity index (χ1n) is 7.42.